The molecule has 128 valence electrons. The van der Waals surface area contributed by atoms with Gasteiger partial charge in [0.25, 0.3) is 5.91 Å². The van der Waals surface area contributed by atoms with Crippen molar-refractivity contribution in [3.05, 3.63) is 69.9 Å². The molecule has 0 aromatic heterocycles. The van der Waals surface area contributed by atoms with Crippen LogP contribution in [0.5, 0.6) is 0 Å². The lowest BCUT2D eigenvalue weighted by atomic mass is 9.87. The van der Waals surface area contributed by atoms with Crippen molar-refractivity contribution in [3.63, 3.8) is 0 Å². The van der Waals surface area contributed by atoms with Gasteiger partial charge in [-0.05, 0) is 30.2 Å². The molecule has 25 heavy (non-hydrogen) atoms. The van der Waals surface area contributed by atoms with Crippen molar-refractivity contribution in [1.29, 1.82) is 0 Å². The van der Waals surface area contributed by atoms with Crippen molar-refractivity contribution in [1.82, 2.24) is 10.3 Å². The summed E-state index contributed by atoms with van der Waals surface area (Å²) in [5, 5.41) is 7.37. The molecule has 1 atom stereocenters. The van der Waals surface area contributed by atoms with Gasteiger partial charge >= 0.3 is 6.03 Å². The maximum Gasteiger partial charge on any atom is 0.346 e. The molecular formula is C18H15BrFN3O2. The van der Waals surface area contributed by atoms with Crippen molar-refractivity contribution < 1.29 is 14.0 Å². The zero-order valence-corrected chi connectivity index (χ0v) is 15.0. The Morgan fingerprint density at radius 1 is 1.24 bits per heavy atom. The summed E-state index contributed by atoms with van der Waals surface area (Å²) >= 11 is 3.17. The molecule has 0 spiro atoms. The van der Waals surface area contributed by atoms with Crippen molar-refractivity contribution >= 4 is 34.1 Å². The number of nitrogens with one attached hydrogen (secondary N) is 1. The maximum absolute atomic E-state index is 13.9. The third kappa shape index (κ3) is 3.07. The minimum absolute atomic E-state index is 0.178. The van der Waals surface area contributed by atoms with Crippen molar-refractivity contribution in [2.24, 2.45) is 5.10 Å². The van der Waals surface area contributed by atoms with Crippen LogP contribution in [0.25, 0.3) is 0 Å². The van der Waals surface area contributed by atoms with Gasteiger partial charge in [0, 0.05) is 10.0 Å². The third-order valence-corrected chi connectivity index (χ3v) is 4.64. The summed E-state index contributed by atoms with van der Waals surface area (Å²) in [6, 6.07) is 12.8. The Kier molecular flexibility index (Phi) is 4.67. The number of halogens is 2. The van der Waals surface area contributed by atoms with Crippen LogP contribution in [0.4, 0.5) is 9.18 Å². The quantitative estimate of drug-likeness (QED) is 0.623. The highest BCUT2D eigenvalue weighted by Gasteiger charge is 2.51. The monoisotopic (exact) mass is 403 g/mol. The first-order valence-corrected chi connectivity index (χ1v) is 8.48. The number of hydrogen-bond acceptors (Lipinski definition) is 3. The average Bonchev–Trinajstić information content (AvgIpc) is 2.86. The number of hydrazone groups is 1. The predicted molar refractivity (Wildman–Crippen MR) is 95.5 cm³/mol. The van der Waals surface area contributed by atoms with Crippen LogP contribution in [0.3, 0.4) is 0 Å². The highest BCUT2D eigenvalue weighted by molar-refractivity contribution is 9.10. The first-order valence-electron chi connectivity index (χ1n) is 7.69. The zero-order chi connectivity index (χ0) is 18.0. The molecule has 3 amide bonds. The second kappa shape index (κ2) is 6.76. The van der Waals surface area contributed by atoms with Crippen LogP contribution in [0, 0.1) is 5.82 Å². The molecule has 1 saturated heterocycles. The Labute approximate surface area is 152 Å². The first kappa shape index (κ1) is 17.3. The van der Waals surface area contributed by atoms with E-state index in [1.165, 1.54) is 12.1 Å². The first-order chi connectivity index (χ1) is 12.0. The number of hydrogen-bond donors (Lipinski definition) is 1. The molecule has 7 heteroatoms. The van der Waals surface area contributed by atoms with Gasteiger partial charge in [-0.25, -0.2) is 9.18 Å². The molecule has 0 saturated carbocycles. The number of urea groups is 1. The number of imide groups is 1. The number of benzene rings is 2. The number of carbonyl (C=O) groups excluding carboxylic acids is 2. The Hall–Kier alpha value is -2.54. The molecule has 1 N–H and O–H groups in total. The molecule has 0 radical (unpaired) electrons. The fourth-order valence-electron chi connectivity index (χ4n) is 2.76. The van der Waals surface area contributed by atoms with Crippen molar-refractivity contribution in [3.8, 4) is 0 Å². The lowest BCUT2D eigenvalue weighted by Gasteiger charge is -2.24. The van der Waals surface area contributed by atoms with E-state index in [-0.39, 0.29) is 5.56 Å². The van der Waals surface area contributed by atoms with Gasteiger partial charge in [0.05, 0.1) is 6.21 Å². The molecule has 2 aromatic carbocycles. The van der Waals surface area contributed by atoms with Gasteiger partial charge in [0.2, 0.25) is 0 Å². The molecule has 2 aromatic rings. The molecule has 0 aliphatic carbocycles. The lowest BCUT2D eigenvalue weighted by molar-refractivity contribution is -0.131. The van der Waals surface area contributed by atoms with Gasteiger partial charge in [0.15, 0.2) is 0 Å². The second-order valence-electron chi connectivity index (χ2n) is 5.58. The molecule has 0 bridgehead atoms. The highest BCUT2D eigenvalue weighted by Crippen LogP contribution is 2.32. The summed E-state index contributed by atoms with van der Waals surface area (Å²) in [6.07, 6.45) is 1.54. The summed E-state index contributed by atoms with van der Waals surface area (Å²) in [7, 11) is 0. The summed E-state index contributed by atoms with van der Waals surface area (Å²) < 4.78 is 14.5. The zero-order valence-electron chi connectivity index (χ0n) is 13.4. The average molecular weight is 404 g/mol. The second-order valence-corrected chi connectivity index (χ2v) is 6.50. The topological polar surface area (TPSA) is 61.8 Å². The standard InChI is InChI=1S/C18H15BrFN3O2/c1-2-18(13-6-4-3-5-7-13)16(24)23(17(25)22-18)21-11-12-8-9-14(19)10-15(12)20/h3-11H,2H2,1H3,(H,22,25)/b21-11-/t18-/m1/s1. The van der Waals surface area contributed by atoms with E-state index >= 15 is 0 Å². The van der Waals surface area contributed by atoms with Crippen LogP contribution in [0.2, 0.25) is 0 Å². The SMILES string of the molecule is CC[C@]1(c2ccccc2)NC(=O)N(/N=C\c2ccc(Br)cc2F)C1=O. The summed E-state index contributed by atoms with van der Waals surface area (Å²) in [5.74, 6) is -0.991. The van der Waals surface area contributed by atoms with E-state index < -0.39 is 23.3 Å². The third-order valence-electron chi connectivity index (χ3n) is 4.14. The highest BCUT2D eigenvalue weighted by atomic mass is 79.9. The Morgan fingerprint density at radius 2 is 1.96 bits per heavy atom. The van der Waals surface area contributed by atoms with Gasteiger partial charge < -0.3 is 5.32 Å². The van der Waals surface area contributed by atoms with Gasteiger partial charge in [-0.1, -0.05) is 53.2 Å². The van der Waals surface area contributed by atoms with Crippen LogP contribution in [0.15, 0.2) is 58.1 Å². The number of carbonyl (C=O) groups is 2. The van der Waals surface area contributed by atoms with E-state index in [2.05, 4.69) is 26.3 Å². The largest absolute Gasteiger partial charge is 0.346 e. The smallest absolute Gasteiger partial charge is 0.318 e. The molecule has 3 rings (SSSR count). The Balaban J connectivity index is 1.92. The van der Waals surface area contributed by atoms with E-state index in [4.69, 9.17) is 0 Å². The van der Waals surface area contributed by atoms with Crippen LogP contribution >= 0.6 is 15.9 Å². The minimum Gasteiger partial charge on any atom is -0.318 e. The summed E-state index contributed by atoms with van der Waals surface area (Å²) in [6.45, 7) is 1.81. The fourth-order valence-corrected chi connectivity index (χ4v) is 3.09. The van der Waals surface area contributed by atoms with Crippen molar-refractivity contribution in [2.45, 2.75) is 18.9 Å². The normalized spacial score (nSPS) is 20.4. The minimum atomic E-state index is -1.16. The molecule has 1 heterocycles. The van der Waals surface area contributed by atoms with E-state index in [0.717, 1.165) is 11.2 Å². The maximum atomic E-state index is 13.9. The van der Waals surface area contributed by atoms with E-state index in [1.54, 1.807) is 30.3 Å². The summed E-state index contributed by atoms with van der Waals surface area (Å²) in [4.78, 5) is 25.1. The van der Waals surface area contributed by atoms with E-state index in [0.29, 0.717) is 16.5 Å². The lowest BCUT2D eigenvalue weighted by Crippen LogP contribution is -2.43. The molecular weight excluding hydrogens is 389 g/mol. The van der Waals surface area contributed by atoms with Gasteiger partial charge in [-0.2, -0.15) is 5.10 Å². The molecule has 1 aliphatic heterocycles. The summed E-state index contributed by atoms with van der Waals surface area (Å²) in [5.41, 5.74) is -0.297. The number of rotatable bonds is 4. The van der Waals surface area contributed by atoms with Crippen LogP contribution in [-0.4, -0.2) is 23.2 Å². The Morgan fingerprint density at radius 3 is 2.60 bits per heavy atom. The molecule has 5 nitrogen and oxygen atoms in total. The molecule has 1 aliphatic rings. The van der Waals surface area contributed by atoms with E-state index in [9.17, 15) is 14.0 Å². The van der Waals surface area contributed by atoms with Gasteiger partial charge in [-0.3, -0.25) is 4.79 Å². The Bertz CT molecular complexity index is 857. The molecule has 1 fully saturated rings. The number of nitrogens with zero attached hydrogens (tertiary/aromatic N) is 2. The van der Waals surface area contributed by atoms with Crippen molar-refractivity contribution in [2.75, 3.05) is 0 Å². The fraction of sp³-hybridized carbons (Fsp3) is 0.167. The van der Waals surface area contributed by atoms with Crippen LogP contribution < -0.4 is 5.32 Å². The molecule has 0 unspecified atom stereocenters. The van der Waals surface area contributed by atoms with E-state index in [1.807, 2.05) is 13.0 Å². The van der Waals surface area contributed by atoms with Gasteiger partial charge in [0.1, 0.15) is 11.4 Å². The number of amides is 3. The van der Waals surface area contributed by atoms with Gasteiger partial charge in [-0.15, -0.1) is 5.01 Å². The predicted octanol–water partition coefficient (Wildman–Crippen LogP) is 3.78. The van der Waals surface area contributed by atoms with Crippen LogP contribution in [0.1, 0.15) is 24.5 Å². The van der Waals surface area contributed by atoms with Crippen LogP contribution in [-0.2, 0) is 10.3 Å².